The maximum atomic E-state index is 11.8. The van der Waals surface area contributed by atoms with Crippen molar-refractivity contribution in [3.05, 3.63) is 35.4 Å². The van der Waals surface area contributed by atoms with Crippen LogP contribution >= 0.6 is 0 Å². The second-order valence-electron chi connectivity index (χ2n) is 5.53. The van der Waals surface area contributed by atoms with Crippen molar-refractivity contribution < 1.29 is 9.53 Å². The summed E-state index contributed by atoms with van der Waals surface area (Å²) in [7, 11) is 0. The Morgan fingerprint density at radius 1 is 1.39 bits per heavy atom. The Labute approximate surface area is 108 Å². The van der Waals surface area contributed by atoms with Gasteiger partial charge in [-0.05, 0) is 31.9 Å². The van der Waals surface area contributed by atoms with E-state index in [1.54, 1.807) is 0 Å². The Morgan fingerprint density at radius 3 is 2.83 bits per heavy atom. The van der Waals surface area contributed by atoms with E-state index in [0.717, 1.165) is 13.1 Å². The second-order valence-corrected chi connectivity index (χ2v) is 5.53. The fourth-order valence-corrected chi connectivity index (χ4v) is 2.07. The van der Waals surface area contributed by atoms with Crippen LogP contribution in [-0.4, -0.2) is 18.2 Å². The highest BCUT2D eigenvalue weighted by Crippen LogP contribution is 2.22. The molecule has 4 nitrogen and oxygen atoms in total. The summed E-state index contributed by atoms with van der Waals surface area (Å²) in [6.07, 6.45) is -0.369. The molecule has 1 aliphatic heterocycles. The van der Waals surface area contributed by atoms with Crippen molar-refractivity contribution in [1.29, 1.82) is 0 Å². The maximum absolute atomic E-state index is 11.8. The molecule has 1 atom stereocenters. The number of rotatable bonds is 1. The van der Waals surface area contributed by atoms with Crippen molar-refractivity contribution >= 4 is 6.09 Å². The number of benzene rings is 1. The highest BCUT2D eigenvalue weighted by Gasteiger charge is 2.23. The van der Waals surface area contributed by atoms with E-state index in [-0.39, 0.29) is 12.1 Å². The topological polar surface area (TPSA) is 50.4 Å². The van der Waals surface area contributed by atoms with Crippen LogP contribution in [0.25, 0.3) is 0 Å². The minimum Gasteiger partial charge on any atom is -0.444 e. The summed E-state index contributed by atoms with van der Waals surface area (Å²) < 4.78 is 5.28. The molecular formula is C14H20N2O2. The third kappa shape index (κ3) is 3.23. The Kier molecular flexibility index (Phi) is 3.57. The van der Waals surface area contributed by atoms with E-state index >= 15 is 0 Å². The summed E-state index contributed by atoms with van der Waals surface area (Å²) in [6.45, 7) is 7.16. The molecule has 0 saturated carbocycles. The molecule has 0 saturated heterocycles. The van der Waals surface area contributed by atoms with Crippen LogP contribution < -0.4 is 10.6 Å². The quantitative estimate of drug-likeness (QED) is 0.802. The highest BCUT2D eigenvalue weighted by molar-refractivity contribution is 5.68. The van der Waals surface area contributed by atoms with Gasteiger partial charge in [0.15, 0.2) is 0 Å². The lowest BCUT2D eigenvalue weighted by atomic mass is 9.97. The molecule has 18 heavy (non-hydrogen) atoms. The summed E-state index contributed by atoms with van der Waals surface area (Å²) in [5, 5.41) is 6.20. The number of fused-ring (bicyclic) bond motifs is 1. The van der Waals surface area contributed by atoms with E-state index in [0.29, 0.717) is 0 Å². The molecule has 1 unspecified atom stereocenters. The molecule has 1 heterocycles. The summed E-state index contributed by atoms with van der Waals surface area (Å²) in [5.41, 5.74) is 1.93. The number of hydrogen-bond acceptors (Lipinski definition) is 3. The third-order valence-corrected chi connectivity index (χ3v) is 2.79. The molecule has 1 amide bonds. The zero-order valence-corrected chi connectivity index (χ0v) is 11.1. The lowest BCUT2D eigenvalue weighted by Crippen LogP contribution is -2.41. The van der Waals surface area contributed by atoms with Crippen LogP contribution in [0.1, 0.15) is 37.9 Å². The van der Waals surface area contributed by atoms with Gasteiger partial charge in [-0.15, -0.1) is 0 Å². The van der Waals surface area contributed by atoms with E-state index in [1.807, 2.05) is 32.9 Å². The van der Waals surface area contributed by atoms with E-state index in [4.69, 9.17) is 4.74 Å². The van der Waals surface area contributed by atoms with Crippen molar-refractivity contribution in [2.24, 2.45) is 0 Å². The van der Waals surface area contributed by atoms with Crippen LogP contribution in [0.2, 0.25) is 0 Å². The molecule has 0 aromatic heterocycles. The van der Waals surface area contributed by atoms with Crippen molar-refractivity contribution in [3.63, 3.8) is 0 Å². The van der Waals surface area contributed by atoms with Gasteiger partial charge in [0, 0.05) is 13.1 Å². The van der Waals surface area contributed by atoms with Gasteiger partial charge in [0.25, 0.3) is 0 Å². The Bertz CT molecular complexity index is 438. The molecule has 1 aliphatic rings. The van der Waals surface area contributed by atoms with Crippen LogP contribution in [-0.2, 0) is 11.3 Å². The maximum Gasteiger partial charge on any atom is 0.408 e. The first kappa shape index (κ1) is 12.9. The van der Waals surface area contributed by atoms with Crippen molar-refractivity contribution in [2.75, 3.05) is 6.54 Å². The highest BCUT2D eigenvalue weighted by atomic mass is 16.6. The number of amides is 1. The van der Waals surface area contributed by atoms with Gasteiger partial charge in [-0.25, -0.2) is 4.79 Å². The molecule has 1 aromatic carbocycles. The van der Waals surface area contributed by atoms with Gasteiger partial charge < -0.3 is 15.4 Å². The smallest absolute Gasteiger partial charge is 0.408 e. The minimum atomic E-state index is -0.467. The summed E-state index contributed by atoms with van der Waals surface area (Å²) in [5.74, 6) is 0. The number of nitrogens with one attached hydrogen (secondary N) is 2. The van der Waals surface area contributed by atoms with E-state index < -0.39 is 5.60 Å². The molecular weight excluding hydrogens is 228 g/mol. The number of hydrogen-bond donors (Lipinski definition) is 2. The first-order valence-electron chi connectivity index (χ1n) is 6.24. The molecule has 0 spiro atoms. The largest absolute Gasteiger partial charge is 0.444 e. The lowest BCUT2D eigenvalue weighted by Gasteiger charge is -2.28. The van der Waals surface area contributed by atoms with Crippen LogP contribution in [0, 0.1) is 0 Å². The molecule has 0 aliphatic carbocycles. The molecule has 1 aromatic rings. The van der Waals surface area contributed by atoms with Gasteiger partial charge in [0.2, 0.25) is 0 Å². The minimum absolute atomic E-state index is 0.0233. The molecule has 4 heteroatoms. The lowest BCUT2D eigenvalue weighted by molar-refractivity contribution is 0.0501. The normalized spacial score (nSPS) is 18.9. The average Bonchev–Trinajstić information content (AvgIpc) is 2.27. The zero-order chi connectivity index (χ0) is 13.2. The molecule has 0 fully saturated rings. The molecule has 98 valence electrons. The van der Waals surface area contributed by atoms with E-state index in [1.165, 1.54) is 11.1 Å². The van der Waals surface area contributed by atoms with Gasteiger partial charge in [-0.2, -0.15) is 0 Å². The predicted molar refractivity (Wildman–Crippen MR) is 70.3 cm³/mol. The fourth-order valence-electron chi connectivity index (χ4n) is 2.07. The number of ether oxygens (including phenoxy) is 1. The van der Waals surface area contributed by atoms with Crippen molar-refractivity contribution in [2.45, 2.75) is 39.0 Å². The van der Waals surface area contributed by atoms with Crippen LogP contribution in [0.3, 0.4) is 0 Å². The first-order chi connectivity index (χ1) is 8.46. The van der Waals surface area contributed by atoms with E-state index in [9.17, 15) is 4.79 Å². The molecule has 0 bridgehead atoms. The third-order valence-electron chi connectivity index (χ3n) is 2.79. The summed E-state index contributed by atoms with van der Waals surface area (Å²) >= 11 is 0. The van der Waals surface area contributed by atoms with Crippen LogP contribution in [0.4, 0.5) is 4.79 Å². The summed E-state index contributed by atoms with van der Waals surface area (Å²) in [4.78, 5) is 11.8. The number of alkyl carbamates (subject to hydrolysis) is 1. The fraction of sp³-hybridized carbons (Fsp3) is 0.500. The van der Waals surface area contributed by atoms with Gasteiger partial charge in [-0.1, -0.05) is 24.3 Å². The van der Waals surface area contributed by atoms with Gasteiger partial charge in [0.05, 0.1) is 6.04 Å². The second kappa shape index (κ2) is 4.98. The van der Waals surface area contributed by atoms with Crippen LogP contribution in [0.15, 0.2) is 24.3 Å². The first-order valence-corrected chi connectivity index (χ1v) is 6.24. The Hall–Kier alpha value is -1.55. The van der Waals surface area contributed by atoms with Crippen molar-refractivity contribution in [3.8, 4) is 0 Å². The van der Waals surface area contributed by atoms with Crippen molar-refractivity contribution in [1.82, 2.24) is 10.6 Å². The zero-order valence-electron chi connectivity index (χ0n) is 11.1. The molecule has 0 radical (unpaired) electrons. The number of carbonyl (C=O) groups excluding carboxylic acids is 1. The van der Waals surface area contributed by atoms with Gasteiger partial charge in [-0.3, -0.25) is 0 Å². The summed E-state index contributed by atoms with van der Waals surface area (Å²) in [6, 6.07) is 8.11. The molecule has 2 rings (SSSR count). The van der Waals surface area contributed by atoms with E-state index in [2.05, 4.69) is 22.8 Å². The average molecular weight is 248 g/mol. The Balaban J connectivity index is 2.05. The monoisotopic (exact) mass is 248 g/mol. The predicted octanol–water partition coefficient (Wildman–Crippen LogP) is 2.36. The molecule has 2 N–H and O–H groups in total. The van der Waals surface area contributed by atoms with Crippen LogP contribution in [0.5, 0.6) is 0 Å². The number of carbonyl (C=O) groups is 1. The van der Waals surface area contributed by atoms with Gasteiger partial charge in [0.1, 0.15) is 5.60 Å². The van der Waals surface area contributed by atoms with Gasteiger partial charge >= 0.3 is 6.09 Å². The Morgan fingerprint density at radius 2 is 2.11 bits per heavy atom. The SMILES string of the molecule is CC(C)(C)OC(=O)NC1CNCc2ccccc21. The standard InChI is InChI=1S/C14H20N2O2/c1-14(2,3)18-13(17)16-12-9-15-8-10-6-4-5-7-11(10)12/h4-7,12,15H,8-9H2,1-3H3,(H,16,17).